The normalized spacial score (nSPS) is 22.6. The van der Waals surface area contributed by atoms with Crippen molar-refractivity contribution in [3.05, 3.63) is 0 Å². The highest BCUT2D eigenvalue weighted by atomic mass is 16.5. The number of nitrogens with one attached hydrogen (secondary N) is 1. The molecule has 1 rings (SSSR count). The minimum absolute atomic E-state index is 0.222. The second-order valence-corrected chi connectivity index (χ2v) is 5.28. The first kappa shape index (κ1) is 14.9. The van der Waals surface area contributed by atoms with E-state index in [1.165, 1.54) is 12.8 Å². The van der Waals surface area contributed by atoms with E-state index >= 15 is 0 Å². The summed E-state index contributed by atoms with van der Waals surface area (Å²) in [5.41, 5.74) is 0. The van der Waals surface area contributed by atoms with Crippen LogP contribution in [0.2, 0.25) is 0 Å². The van der Waals surface area contributed by atoms with Gasteiger partial charge in [-0.3, -0.25) is 4.90 Å². The van der Waals surface area contributed by atoms with Gasteiger partial charge in [0.15, 0.2) is 0 Å². The summed E-state index contributed by atoms with van der Waals surface area (Å²) in [6, 6.07) is 0.981. The highest BCUT2D eigenvalue weighted by Crippen LogP contribution is 2.14. The van der Waals surface area contributed by atoms with Crippen molar-refractivity contribution in [3.63, 3.8) is 0 Å². The zero-order chi connectivity index (χ0) is 12.7. The summed E-state index contributed by atoms with van der Waals surface area (Å²) in [6.07, 6.45) is 2.52. The standard InChI is InChI=1S/C13H28N2O2/c1-11(2)13(10-17-3)15(7-8-16)9-12-5-4-6-14-12/h11-14,16H,4-10H2,1-3H3. The lowest BCUT2D eigenvalue weighted by molar-refractivity contribution is 0.0481. The van der Waals surface area contributed by atoms with Crippen LogP contribution in [0.1, 0.15) is 26.7 Å². The number of aliphatic hydroxyl groups excluding tert-OH is 1. The van der Waals surface area contributed by atoms with Crippen molar-refractivity contribution in [2.45, 2.75) is 38.8 Å². The van der Waals surface area contributed by atoms with E-state index in [-0.39, 0.29) is 6.61 Å². The summed E-state index contributed by atoms with van der Waals surface area (Å²) < 4.78 is 5.31. The topological polar surface area (TPSA) is 44.7 Å². The van der Waals surface area contributed by atoms with E-state index in [1.807, 2.05) is 0 Å². The zero-order valence-corrected chi connectivity index (χ0v) is 11.5. The van der Waals surface area contributed by atoms with Crippen LogP contribution in [0.4, 0.5) is 0 Å². The lowest BCUT2D eigenvalue weighted by atomic mass is 10.0. The Morgan fingerprint density at radius 1 is 1.47 bits per heavy atom. The molecule has 17 heavy (non-hydrogen) atoms. The maximum atomic E-state index is 9.21. The van der Waals surface area contributed by atoms with Crippen LogP contribution >= 0.6 is 0 Å². The molecule has 2 atom stereocenters. The van der Waals surface area contributed by atoms with Gasteiger partial charge in [-0.1, -0.05) is 13.8 Å². The number of ether oxygens (including phenoxy) is 1. The molecule has 0 saturated carbocycles. The van der Waals surface area contributed by atoms with E-state index in [2.05, 4.69) is 24.1 Å². The SMILES string of the molecule is COCC(C(C)C)N(CCO)CC1CCCN1. The molecule has 102 valence electrons. The van der Waals surface area contributed by atoms with Gasteiger partial charge in [0.25, 0.3) is 0 Å². The summed E-state index contributed by atoms with van der Waals surface area (Å²) >= 11 is 0. The molecule has 1 aliphatic heterocycles. The molecular formula is C13H28N2O2. The molecule has 0 aromatic rings. The van der Waals surface area contributed by atoms with Crippen LogP contribution < -0.4 is 5.32 Å². The average Bonchev–Trinajstić information content (AvgIpc) is 2.78. The number of nitrogens with zero attached hydrogens (tertiary/aromatic N) is 1. The van der Waals surface area contributed by atoms with Gasteiger partial charge in [0.1, 0.15) is 0 Å². The summed E-state index contributed by atoms with van der Waals surface area (Å²) in [5, 5.41) is 12.7. The highest BCUT2D eigenvalue weighted by Gasteiger charge is 2.25. The fraction of sp³-hybridized carbons (Fsp3) is 1.00. The number of methoxy groups -OCH3 is 1. The average molecular weight is 244 g/mol. The minimum Gasteiger partial charge on any atom is -0.395 e. The van der Waals surface area contributed by atoms with Crippen LogP contribution in [0.15, 0.2) is 0 Å². The van der Waals surface area contributed by atoms with Gasteiger partial charge in [-0.25, -0.2) is 0 Å². The Morgan fingerprint density at radius 3 is 2.71 bits per heavy atom. The summed E-state index contributed by atoms with van der Waals surface area (Å²) in [4.78, 5) is 2.37. The Labute approximate surface area is 105 Å². The van der Waals surface area contributed by atoms with Crippen molar-refractivity contribution in [2.75, 3.05) is 40.0 Å². The first-order valence-corrected chi connectivity index (χ1v) is 6.76. The fourth-order valence-corrected chi connectivity index (χ4v) is 2.61. The van der Waals surface area contributed by atoms with E-state index in [4.69, 9.17) is 4.74 Å². The molecule has 4 nitrogen and oxygen atoms in total. The van der Waals surface area contributed by atoms with Gasteiger partial charge in [0.05, 0.1) is 13.2 Å². The van der Waals surface area contributed by atoms with Crippen molar-refractivity contribution in [1.82, 2.24) is 10.2 Å². The third-order valence-electron chi connectivity index (χ3n) is 3.58. The zero-order valence-electron chi connectivity index (χ0n) is 11.5. The molecule has 2 N–H and O–H groups in total. The number of rotatable bonds is 8. The van der Waals surface area contributed by atoms with Gasteiger partial charge in [-0.2, -0.15) is 0 Å². The molecule has 0 amide bonds. The van der Waals surface area contributed by atoms with Crippen molar-refractivity contribution >= 4 is 0 Å². The molecular weight excluding hydrogens is 216 g/mol. The Kier molecular flexibility index (Phi) is 7.04. The van der Waals surface area contributed by atoms with Gasteiger partial charge in [-0.15, -0.1) is 0 Å². The smallest absolute Gasteiger partial charge is 0.0620 e. The molecule has 0 spiro atoms. The molecule has 1 aliphatic rings. The van der Waals surface area contributed by atoms with Gasteiger partial charge in [0.2, 0.25) is 0 Å². The lowest BCUT2D eigenvalue weighted by Gasteiger charge is -2.35. The highest BCUT2D eigenvalue weighted by molar-refractivity contribution is 4.82. The van der Waals surface area contributed by atoms with Gasteiger partial charge in [-0.05, 0) is 25.3 Å². The molecule has 0 aromatic carbocycles. The lowest BCUT2D eigenvalue weighted by Crippen LogP contribution is -2.48. The number of aliphatic hydroxyl groups is 1. The first-order valence-electron chi connectivity index (χ1n) is 6.76. The van der Waals surface area contributed by atoms with Gasteiger partial charge in [0, 0.05) is 32.3 Å². The van der Waals surface area contributed by atoms with Crippen molar-refractivity contribution < 1.29 is 9.84 Å². The molecule has 4 heteroatoms. The maximum Gasteiger partial charge on any atom is 0.0620 e. The van der Waals surface area contributed by atoms with Crippen LogP contribution in [-0.4, -0.2) is 62.0 Å². The van der Waals surface area contributed by atoms with Crippen LogP contribution in [0.25, 0.3) is 0 Å². The van der Waals surface area contributed by atoms with Gasteiger partial charge >= 0.3 is 0 Å². The van der Waals surface area contributed by atoms with E-state index in [1.54, 1.807) is 7.11 Å². The van der Waals surface area contributed by atoms with Crippen molar-refractivity contribution in [2.24, 2.45) is 5.92 Å². The maximum absolute atomic E-state index is 9.21. The van der Waals surface area contributed by atoms with Crippen LogP contribution in [-0.2, 0) is 4.74 Å². The molecule has 0 radical (unpaired) electrons. The Balaban J connectivity index is 2.53. The Morgan fingerprint density at radius 2 is 2.24 bits per heavy atom. The fourth-order valence-electron chi connectivity index (χ4n) is 2.61. The predicted molar refractivity (Wildman–Crippen MR) is 70.2 cm³/mol. The van der Waals surface area contributed by atoms with Crippen molar-refractivity contribution in [3.8, 4) is 0 Å². The van der Waals surface area contributed by atoms with Crippen molar-refractivity contribution in [1.29, 1.82) is 0 Å². The molecule has 1 fully saturated rings. The van der Waals surface area contributed by atoms with E-state index < -0.39 is 0 Å². The second-order valence-electron chi connectivity index (χ2n) is 5.28. The van der Waals surface area contributed by atoms with E-state index in [9.17, 15) is 5.11 Å². The first-order chi connectivity index (χ1) is 8.19. The Bertz CT molecular complexity index is 194. The predicted octanol–water partition coefficient (Wildman–Crippen LogP) is 0.704. The summed E-state index contributed by atoms with van der Waals surface area (Å²) in [6.45, 7) is 8.29. The molecule has 0 bridgehead atoms. The molecule has 1 heterocycles. The monoisotopic (exact) mass is 244 g/mol. The van der Waals surface area contributed by atoms with E-state index in [0.717, 1.165) is 26.2 Å². The molecule has 1 saturated heterocycles. The third kappa shape index (κ3) is 4.92. The third-order valence-corrected chi connectivity index (χ3v) is 3.58. The largest absolute Gasteiger partial charge is 0.395 e. The quantitative estimate of drug-likeness (QED) is 0.660. The van der Waals surface area contributed by atoms with E-state index in [0.29, 0.717) is 18.0 Å². The molecule has 0 aromatic heterocycles. The number of hydrogen-bond acceptors (Lipinski definition) is 4. The van der Waals surface area contributed by atoms with Gasteiger partial charge < -0.3 is 15.2 Å². The Hall–Kier alpha value is -0.160. The molecule has 2 unspecified atom stereocenters. The van der Waals surface area contributed by atoms with Crippen LogP contribution in [0.3, 0.4) is 0 Å². The molecule has 0 aliphatic carbocycles. The second kappa shape index (κ2) is 8.03. The van der Waals surface area contributed by atoms with Crippen LogP contribution in [0, 0.1) is 5.92 Å². The number of hydrogen-bond donors (Lipinski definition) is 2. The summed E-state index contributed by atoms with van der Waals surface area (Å²) in [7, 11) is 1.75. The van der Waals surface area contributed by atoms with Crippen LogP contribution in [0.5, 0.6) is 0 Å². The minimum atomic E-state index is 0.222. The summed E-state index contributed by atoms with van der Waals surface area (Å²) in [5.74, 6) is 0.544.